The molecule has 1 aromatic heterocycles. The molecule has 0 amide bonds. The van der Waals surface area contributed by atoms with Crippen molar-refractivity contribution in [3.05, 3.63) is 45.8 Å². The van der Waals surface area contributed by atoms with Crippen LogP contribution in [0.3, 0.4) is 0 Å². The normalized spacial score (nSPS) is 18.0. The smallest absolute Gasteiger partial charge is 0.0592 e. The molecule has 1 nitrogen and oxygen atoms in total. The number of rotatable bonds is 3. The summed E-state index contributed by atoms with van der Waals surface area (Å²) >= 11 is 7.91. The zero-order valence-corrected chi connectivity index (χ0v) is 11.9. The maximum Gasteiger partial charge on any atom is 0.0592 e. The Bertz CT molecular complexity index is 561. The molecule has 0 saturated carbocycles. The van der Waals surface area contributed by atoms with Crippen LogP contribution in [0.2, 0.25) is 5.02 Å². The van der Waals surface area contributed by atoms with Crippen molar-refractivity contribution in [2.45, 2.75) is 25.8 Å². The van der Waals surface area contributed by atoms with Crippen LogP contribution in [0, 0.1) is 0 Å². The molecule has 1 heterocycles. The van der Waals surface area contributed by atoms with Crippen molar-refractivity contribution in [3.8, 4) is 10.4 Å². The molecule has 3 heteroatoms. The Morgan fingerprint density at radius 3 is 3.00 bits per heavy atom. The molecule has 0 radical (unpaired) electrons. The molecule has 1 aromatic carbocycles. The Labute approximate surface area is 117 Å². The molecule has 1 aliphatic carbocycles. The quantitative estimate of drug-likeness (QED) is 0.860. The van der Waals surface area contributed by atoms with E-state index in [4.69, 9.17) is 11.6 Å². The molecule has 1 N–H and O–H groups in total. The minimum absolute atomic E-state index is 0.540. The molecule has 0 saturated heterocycles. The first kappa shape index (κ1) is 12.2. The average molecular weight is 278 g/mol. The van der Waals surface area contributed by atoms with Gasteiger partial charge in [-0.2, -0.15) is 0 Å². The van der Waals surface area contributed by atoms with Crippen LogP contribution < -0.4 is 5.32 Å². The van der Waals surface area contributed by atoms with Crippen LogP contribution in [0.4, 0.5) is 0 Å². The number of halogens is 1. The molecular weight excluding hydrogens is 262 g/mol. The Hall–Kier alpha value is -0.830. The number of fused-ring (bicyclic) bond motifs is 1. The summed E-state index contributed by atoms with van der Waals surface area (Å²) in [6.07, 6.45) is 2.38. The van der Waals surface area contributed by atoms with Crippen molar-refractivity contribution in [1.29, 1.82) is 0 Å². The van der Waals surface area contributed by atoms with Crippen LogP contribution in [-0.2, 0) is 6.42 Å². The second-order valence-electron chi connectivity index (χ2n) is 4.66. The topological polar surface area (TPSA) is 12.0 Å². The summed E-state index contributed by atoms with van der Waals surface area (Å²) in [7, 11) is 0. The van der Waals surface area contributed by atoms with Gasteiger partial charge in [0, 0.05) is 6.04 Å². The summed E-state index contributed by atoms with van der Waals surface area (Å²) in [5.74, 6) is 0. The number of aryl methyl sites for hydroxylation is 1. The monoisotopic (exact) mass is 277 g/mol. The first-order chi connectivity index (χ1) is 8.79. The zero-order valence-electron chi connectivity index (χ0n) is 10.4. The Morgan fingerprint density at radius 1 is 1.39 bits per heavy atom. The highest BCUT2D eigenvalue weighted by Crippen LogP contribution is 2.38. The maximum atomic E-state index is 6.20. The first-order valence-corrected chi connectivity index (χ1v) is 7.65. The van der Waals surface area contributed by atoms with Crippen molar-refractivity contribution in [1.82, 2.24) is 5.32 Å². The molecule has 1 aliphatic rings. The van der Waals surface area contributed by atoms with Gasteiger partial charge in [0.25, 0.3) is 0 Å². The van der Waals surface area contributed by atoms with Crippen LogP contribution in [-0.4, -0.2) is 6.54 Å². The number of benzene rings is 1. The minimum atomic E-state index is 0.540. The summed E-state index contributed by atoms with van der Waals surface area (Å²) in [6.45, 7) is 3.19. The predicted molar refractivity (Wildman–Crippen MR) is 79.5 cm³/mol. The van der Waals surface area contributed by atoms with Gasteiger partial charge in [-0.05, 0) is 53.6 Å². The van der Waals surface area contributed by atoms with E-state index >= 15 is 0 Å². The number of hydrogen-bond acceptors (Lipinski definition) is 2. The SMILES string of the molecule is CCNC1CCc2cc(-c3sccc3Cl)ccc21. The third-order valence-electron chi connectivity index (χ3n) is 3.55. The lowest BCUT2D eigenvalue weighted by Crippen LogP contribution is -2.18. The molecule has 94 valence electrons. The van der Waals surface area contributed by atoms with Crippen molar-refractivity contribution >= 4 is 22.9 Å². The fourth-order valence-electron chi connectivity index (χ4n) is 2.72. The molecule has 0 bridgehead atoms. The number of hydrogen-bond donors (Lipinski definition) is 1. The van der Waals surface area contributed by atoms with Crippen LogP contribution in [0.25, 0.3) is 10.4 Å². The van der Waals surface area contributed by atoms with Crippen LogP contribution in [0.15, 0.2) is 29.6 Å². The van der Waals surface area contributed by atoms with Gasteiger partial charge in [-0.25, -0.2) is 0 Å². The second kappa shape index (κ2) is 5.04. The molecule has 18 heavy (non-hydrogen) atoms. The molecular formula is C15H16ClNS. The fraction of sp³-hybridized carbons (Fsp3) is 0.333. The molecule has 0 spiro atoms. The van der Waals surface area contributed by atoms with Gasteiger partial charge in [0.2, 0.25) is 0 Å². The average Bonchev–Trinajstić information content (AvgIpc) is 2.96. The second-order valence-corrected chi connectivity index (χ2v) is 5.98. The predicted octanol–water partition coefficient (Wildman–Crippen LogP) is 4.67. The van der Waals surface area contributed by atoms with E-state index in [1.54, 1.807) is 11.3 Å². The largest absolute Gasteiger partial charge is 0.310 e. The van der Waals surface area contributed by atoms with Crippen molar-refractivity contribution in [3.63, 3.8) is 0 Å². The summed E-state index contributed by atoms with van der Waals surface area (Å²) in [4.78, 5) is 1.19. The van der Waals surface area contributed by atoms with Gasteiger partial charge in [-0.3, -0.25) is 0 Å². The summed E-state index contributed by atoms with van der Waals surface area (Å²) in [6, 6.07) is 9.28. The number of nitrogens with one attached hydrogen (secondary N) is 1. The van der Waals surface area contributed by atoms with E-state index < -0.39 is 0 Å². The lowest BCUT2D eigenvalue weighted by atomic mass is 10.0. The lowest BCUT2D eigenvalue weighted by molar-refractivity contribution is 0.549. The maximum absolute atomic E-state index is 6.20. The third kappa shape index (κ3) is 2.09. The zero-order chi connectivity index (χ0) is 12.5. The van der Waals surface area contributed by atoms with Crippen molar-refractivity contribution < 1.29 is 0 Å². The molecule has 2 aromatic rings. The van der Waals surface area contributed by atoms with E-state index in [1.165, 1.54) is 34.4 Å². The lowest BCUT2D eigenvalue weighted by Gasteiger charge is -2.12. The van der Waals surface area contributed by atoms with Gasteiger partial charge >= 0.3 is 0 Å². The van der Waals surface area contributed by atoms with E-state index in [0.29, 0.717) is 6.04 Å². The summed E-state index contributed by atoms with van der Waals surface area (Å²) in [5, 5.41) is 6.45. The Morgan fingerprint density at radius 2 is 2.28 bits per heavy atom. The van der Waals surface area contributed by atoms with Crippen LogP contribution in [0.1, 0.15) is 30.5 Å². The molecule has 3 rings (SSSR count). The molecule has 1 atom stereocenters. The van der Waals surface area contributed by atoms with Gasteiger partial charge in [-0.1, -0.05) is 30.7 Å². The fourth-order valence-corrected chi connectivity index (χ4v) is 3.88. The van der Waals surface area contributed by atoms with Gasteiger partial charge in [-0.15, -0.1) is 11.3 Å². The van der Waals surface area contributed by atoms with Gasteiger partial charge in [0.15, 0.2) is 0 Å². The van der Waals surface area contributed by atoms with E-state index in [1.807, 2.05) is 11.4 Å². The Kier molecular flexibility index (Phi) is 3.42. The van der Waals surface area contributed by atoms with Crippen molar-refractivity contribution in [2.24, 2.45) is 0 Å². The minimum Gasteiger partial charge on any atom is -0.310 e. The first-order valence-electron chi connectivity index (χ1n) is 6.39. The van der Waals surface area contributed by atoms with Crippen molar-refractivity contribution in [2.75, 3.05) is 6.54 Å². The van der Waals surface area contributed by atoms with E-state index in [2.05, 4.69) is 30.4 Å². The highest BCUT2D eigenvalue weighted by Gasteiger charge is 2.22. The van der Waals surface area contributed by atoms with Gasteiger partial charge in [0.05, 0.1) is 9.90 Å². The molecule has 0 aliphatic heterocycles. The van der Waals surface area contributed by atoms with Crippen LogP contribution in [0.5, 0.6) is 0 Å². The van der Waals surface area contributed by atoms with E-state index in [-0.39, 0.29) is 0 Å². The third-order valence-corrected chi connectivity index (χ3v) is 4.94. The van der Waals surface area contributed by atoms with Crippen LogP contribution >= 0.6 is 22.9 Å². The Balaban J connectivity index is 1.96. The van der Waals surface area contributed by atoms with E-state index in [0.717, 1.165) is 11.6 Å². The van der Waals surface area contributed by atoms with Gasteiger partial charge < -0.3 is 5.32 Å². The molecule has 1 unspecified atom stereocenters. The highest BCUT2D eigenvalue weighted by atomic mass is 35.5. The molecule has 0 fully saturated rings. The summed E-state index contributed by atoms with van der Waals surface area (Å²) < 4.78 is 0. The van der Waals surface area contributed by atoms with Gasteiger partial charge in [0.1, 0.15) is 0 Å². The van der Waals surface area contributed by atoms with E-state index in [9.17, 15) is 0 Å². The summed E-state index contributed by atoms with van der Waals surface area (Å²) in [5.41, 5.74) is 4.20. The number of thiophene rings is 1. The standard InChI is InChI=1S/C15H16ClNS/c1-2-17-14-6-4-10-9-11(3-5-12(10)14)15-13(16)7-8-18-15/h3,5,7-9,14,17H,2,4,6H2,1H3. The highest BCUT2D eigenvalue weighted by molar-refractivity contribution is 7.14.